The van der Waals surface area contributed by atoms with Gasteiger partial charge in [0.25, 0.3) is 0 Å². The van der Waals surface area contributed by atoms with E-state index in [0.717, 1.165) is 12.8 Å². The Kier molecular flexibility index (Phi) is 7.65. The average molecular weight is 432 g/mol. The topological polar surface area (TPSA) is 123 Å². The fraction of sp³-hybridized carbons (Fsp3) is 0.588. The molecule has 1 unspecified atom stereocenters. The van der Waals surface area contributed by atoms with E-state index >= 15 is 0 Å². The first-order valence-corrected chi connectivity index (χ1v) is 11.7. The zero-order valence-electron chi connectivity index (χ0n) is 15.9. The molecular weight excluding hydrogens is 403 g/mol. The number of anilines is 1. The Bertz CT molecular complexity index is 644. The van der Waals surface area contributed by atoms with Crippen molar-refractivity contribution in [3.8, 4) is 0 Å². The Balaban J connectivity index is 0.000000273. The first kappa shape index (κ1) is 22.9. The van der Waals surface area contributed by atoms with Crippen LogP contribution in [0.4, 0.5) is 5.69 Å². The molecule has 1 aromatic rings. The van der Waals surface area contributed by atoms with Crippen LogP contribution < -0.4 is 14.7 Å². The van der Waals surface area contributed by atoms with Crippen molar-refractivity contribution in [2.75, 3.05) is 5.32 Å². The van der Waals surface area contributed by atoms with Crippen LogP contribution in [0.2, 0.25) is 0 Å². The van der Waals surface area contributed by atoms with Crippen molar-refractivity contribution in [1.29, 1.82) is 0 Å². The van der Waals surface area contributed by atoms with E-state index in [0.29, 0.717) is 10.8 Å². The summed E-state index contributed by atoms with van der Waals surface area (Å²) in [6.07, 6.45) is 3.33. The fourth-order valence-electron chi connectivity index (χ4n) is 3.10. The summed E-state index contributed by atoms with van der Waals surface area (Å²) in [7, 11) is 0. The molecule has 0 radical (unpaired) electrons. The smallest absolute Gasteiger partial charge is 0.0921 e. The standard InChI is InChI=1S/C9H19NO.C8H10AsNO5/c1-8(2)6-5-7-9(3,4)10(8)11;1-6(11)10-8-4-2-7(3-5-8)9(12,13)15-14/h10H,5-7H2,1-4H3;2-5,14H,1H3,(H,10,11)(H,12,13). The van der Waals surface area contributed by atoms with Crippen molar-refractivity contribution < 1.29 is 26.8 Å². The van der Waals surface area contributed by atoms with Crippen molar-refractivity contribution in [3.05, 3.63) is 29.5 Å². The summed E-state index contributed by atoms with van der Waals surface area (Å²) in [6.45, 7) is 9.62. The van der Waals surface area contributed by atoms with E-state index in [4.69, 9.17) is 9.35 Å². The first-order valence-electron chi connectivity index (χ1n) is 8.41. The van der Waals surface area contributed by atoms with Crippen molar-refractivity contribution in [1.82, 2.24) is 0 Å². The van der Waals surface area contributed by atoms with Crippen LogP contribution in [0, 0.1) is 5.21 Å². The largest absolute Gasteiger partial charge is 0.634 e. The van der Waals surface area contributed by atoms with Gasteiger partial charge < -0.3 is 10.3 Å². The van der Waals surface area contributed by atoms with Gasteiger partial charge in [-0.05, 0) is 34.1 Å². The number of rotatable bonds is 3. The Morgan fingerprint density at radius 2 is 1.65 bits per heavy atom. The van der Waals surface area contributed by atoms with Gasteiger partial charge in [-0.1, -0.05) is 0 Å². The van der Waals surface area contributed by atoms with Crippen LogP contribution in [0.5, 0.6) is 0 Å². The Labute approximate surface area is 157 Å². The monoisotopic (exact) mass is 432 g/mol. The Hall–Kier alpha value is -1.15. The number of hydrogen-bond donors (Lipinski definition) is 4. The number of carbonyl (C=O) groups excluding carboxylic acids is 1. The number of hydroxylamine groups is 2. The minimum Gasteiger partial charge on any atom is -0.634 e. The molecule has 1 amide bonds. The number of amides is 1. The molecule has 0 bridgehead atoms. The van der Waals surface area contributed by atoms with Gasteiger partial charge >= 0.3 is 88.4 Å². The summed E-state index contributed by atoms with van der Waals surface area (Å²) >= 11 is -4.76. The second-order valence-electron chi connectivity index (χ2n) is 7.78. The van der Waals surface area contributed by atoms with Gasteiger partial charge in [0.15, 0.2) is 0 Å². The molecule has 8 nitrogen and oxygen atoms in total. The van der Waals surface area contributed by atoms with Gasteiger partial charge in [0.05, 0.1) is 11.1 Å². The molecule has 1 saturated heterocycles. The zero-order chi connectivity index (χ0) is 20.2. The van der Waals surface area contributed by atoms with E-state index in [1.165, 1.54) is 37.6 Å². The molecular formula is C17H29AsN2O6. The van der Waals surface area contributed by atoms with Crippen molar-refractivity contribution in [2.45, 2.75) is 65.0 Å². The number of nitrogens with one attached hydrogen (secondary N) is 2. The maximum Gasteiger partial charge on any atom is 0.0921 e. The predicted molar refractivity (Wildman–Crippen MR) is 99.1 cm³/mol. The van der Waals surface area contributed by atoms with E-state index in [9.17, 15) is 13.7 Å². The molecule has 1 atom stereocenters. The zero-order valence-corrected chi connectivity index (χ0v) is 17.8. The van der Waals surface area contributed by atoms with E-state index < -0.39 is 14.2 Å². The number of hydrogen-bond acceptors (Lipinski definition) is 5. The molecule has 26 heavy (non-hydrogen) atoms. The molecule has 1 aliphatic rings. The Morgan fingerprint density at radius 1 is 1.19 bits per heavy atom. The van der Waals surface area contributed by atoms with Crippen molar-refractivity contribution in [2.24, 2.45) is 0 Å². The molecule has 1 fully saturated rings. The predicted octanol–water partition coefficient (Wildman–Crippen LogP) is 0.814. The minimum absolute atomic E-state index is 0.00438. The average Bonchev–Trinajstić information content (AvgIpc) is 2.53. The first-order chi connectivity index (χ1) is 11.8. The minimum atomic E-state index is -4.76. The van der Waals surface area contributed by atoms with Crippen molar-refractivity contribution in [3.63, 3.8) is 0 Å². The van der Waals surface area contributed by atoms with Crippen LogP contribution in [0.15, 0.2) is 24.3 Å². The third-order valence-corrected chi connectivity index (χ3v) is 6.92. The molecule has 1 aliphatic heterocycles. The number of quaternary nitrogens is 1. The van der Waals surface area contributed by atoms with Gasteiger partial charge in [-0.15, -0.1) is 0 Å². The molecule has 9 heteroatoms. The van der Waals surface area contributed by atoms with Gasteiger partial charge in [0.1, 0.15) is 0 Å². The Morgan fingerprint density at radius 3 is 2.00 bits per heavy atom. The molecule has 1 heterocycles. The van der Waals surface area contributed by atoms with Gasteiger partial charge in [-0.2, -0.15) is 0 Å². The third kappa shape index (κ3) is 6.23. The molecule has 2 rings (SSSR count). The van der Waals surface area contributed by atoms with Crippen LogP contribution >= 0.6 is 0 Å². The fourth-order valence-corrected chi connectivity index (χ4v) is 4.40. The molecule has 0 aliphatic carbocycles. The third-order valence-electron chi connectivity index (χ3n) is 4.46. The summed E-state index contributed by atoms with van der Waals surface area (Å²) in [6, 6.07) is 5.50. The number of piperidine rings is 1. The molecule has 0 aromatic heterocycles. The van der Waals surface area contributed by atoms with Gasteiger partial charge in [0.2, 0.25) is 0 Å². The van der Waals surface area contributed by atoms with Crippen LogP contribution in [-0.2, 0) is 12.4 Å². The summed E-state index contributed by atoms with van der Waals surface area (Å²) in [4.78, 5) is 10.7. The van der Waals surface area contributed by atoms with Crippen molar-refractivity contribution >= 4 is 30.1 Å². The van der Waals surface area contributed by atoms with E-state index in [2.05, 4.69) is 36.9 Å². The molecule has 4 N–H and O–H groups in total. The maximum absolute atomic E-state index is 11.8. The summed E-state index contributed by atoms with van der Waals surface area (Å²) in [5.74, 6) is -0.237. The molecule has 148 valence electrons. The molecule has 0 spiro atoms. The second-order valence-corrected chi connectivity index (χ2v) is 11.4. The summed E-state index contributed by atoms with van der Waals surface area (Å²) in [5, 5.41) is 22.9. The van der Waals surface area contributed by atoms with Gasteiger partial charge in [-0.3, -0.25) is 0 Å². The van der Waals surface area contributed by atoms with E-state index in [-0.39, 0.29) is 21.3 Å². The number of benzene rings is 1. The molecule has 1 aromatic carbocycles. The van der Waals surface area contributed by atoms with Crippen LogP contribution in [0.25, 0.3) is 0 Å². The summed E-state index contributed by atoms with van der Waals surface area (Å²) in [5.41, 5.74) is 0.364. The quantitative estimate of drug-likeness (QED) is 0.243. The summed E-state index contributed by atoms with van der Waals surface area (Å²) < 4.78 is 23.8. The van der Waals surface area contributed by atoms with Crippen LogP contribution in [0.1, 0.15) is 53.9 Å². The SMILES string of the molecule is CC(=O)Nc1ccc([As](=O)(O)OO)cc1.CC1(C)CCCC(C)(C)[NH+]1[O-]. The van der Waals surface area contributed by atoms with Crippen LogP contribution in [0.3, 0.4) is 0 Å². The normalized spacial score (nSPS) is 21.1. The van der Waals surface area contributed by atoms with Crippen LogP contribution in [-0.4, -0.2) is 40.5 Å². The molecule has 0 saturated carbocycles. The second kappa shape index (κ2) is 8.69. The number of carbonyl (C=O) groups is 1. The van der Waals surface area contributed by atoms with E-state index in [1.807, 2.05) is 0 Å². The van der Waals surface area contributed by atoms with Gasteiger partial charge in [0, 0.05) is 12.8 Å². The van der Waals surface area contributed by atoms with Gasteiger partial charge in [-0.25, -0.2) is 0 Å². The maximum atomic E-state index is 11.8. The van der Waals surface area contributed by atoms with E-state index in [1.54, 1.807) is 0 Å².